The fraction of sp³-hybridized carbons (Fsp3) is 0.750. The lowest BCUT2D eigenvalue weighted by Gasteiger charge is -2.21. The molecule has 0 saturated carbocycles. The normalized spacial score (nSPS) is 21.2. The summed E-state index contributed by atoms with van der Waals surface area (Å²) >= 11 is 0. The van der Waals surface area contributed by atoms with Crippen molar-refractivity contribution in [2.75, 3.05) is 20.2 Å². The van der Waals surface area contributed by atoms with Gasteiger partial charge in [-0.3, -0.25) is 9.59 Å². The zero-order chi connectivity index (χ0) is 12.8. The molecule has 2 atom stereocenters. The minimum atomic E-state index is -0.379. The topological polar surface area (TPSA) is 72.6 Å². The first kappa shape index (κ1) is 14.0. The molecular weight excluding hydrogens is 220 g/mol. The Bertz CT molecular complexity index is 275. The van der Waals surface area contributed by atoms with Gasteiger partial charge in [0.05, 0.1) is 12.5 Å². The maximum atomic E-state index is 11.7. The van der Waals surface area contributed by atoms with Gasteiger partial charge in [0.25, 0.3) is 0 Å². The van der Waals surface area contributed by atoms with E-state index < -0.39 is 0 Å². The third-order valence-corrected chi connectivity index (χ3v) is 3.01. The van der Waals surface area contributed by atoms with Crippen LogP contribution in [-0.2, 0) is 14.3 Å². The predicted molar refractivity (Wildman–Crippen MR) is 63.9 cm³/mol. The Labute approximate surface area is 102 Å². The van der Waals surface area contributed by atoms with Crippen molar-refractivity contribution in [2.45, 2.75) is 32.3 Å². The number of nitrogens with two attached hydrogens (primary N) is 1. The van der Waals surface area contributed by atoms with E-state index in [0.29, 0.717) is 13.0 Å². The number of carbonyl (C=O) groups excluding carboxylic acids is 2. The van der Waals surface area contributed by atoms with Crippen molar-refractivity contribution in [1.82, 2.24) is 4.90 Å². The average molecular weight is 241 g/mol. The molecule has 5 nitrogen and oxygen atoms in total. The fourth-order valence-corrected chi connectivity index (χ4v) is 1.73. The van der Waals surface area contributed by atoms with Crippen molar-refractivity contribution >= 4 is 11.8 Å². The number of rotatable bonds is 6. The third-order valence-electron chi connectivity index (χ3n) is 3.01. The molecule has 97 valence electrons. The van der Waals surface area contributed by atoms with Gasteiger partial charge in [0, 0.05) is 26.1 Å². The second kappa shape index (κ2) is 6.59. The fourth-order valence-electron chi connectivity index (χ4n) is 1.73. The van der Waals surface area contributed by atoms with Crippen LogP contribution < -0.4 is 5.73 Å². The number of hydrogen-bond donors (Lipinski definition) is 1. The van der Waals surface area contributed by atoms with Crippen LogP contribution >= 0.6 is 0 Å². The van der Waals surface area contributed by atoms with Crippen molar-refractivity contribution in [2.24, 2.45) is 11.7 Å². The van der Waals surface area contributed by atoms with E-state index in [9.17, 15) is 9.59 Å². The van der Waals surface area contributed by atoms with Gasteiger partial charge in [-0.2, -0.15) is 0 Å². The van der Waals surface area contributed by atoms with Crippen LogP contribution in [0.5, 0.6) is 0 Å². The molecule has 1 aliphatic heterocycles. The average Bonchev–Trinajstić information content (AvgIpc) is 2.77. The van der Waals surface area contributed by atoms with Crippen LogP contribution in [0.3, 0.4) is 0 Å². The van der Waals surface area contributed by atoms with Crippen LogP contribution in [0, 0.1) is 12.3 Å². The van der Waals surface area contributed by atoms with Gasteiger partial charge in [0.1, 0.15) is 0 Å². The molecule has 0 bridgehead atoms. The van der Waals surface area contributed by atoms with Crippen molar-refractivity contribution in [1.29, 1.82) is 0 Å². The maximum Gasteiger partial charge on any atom is 0.226 e. The van der Waals surface area contributed by atoms with E-state index in [2.05, 4.69) is 0 Å². The maximum absolute atomic E-state index is 11.7. The van der Waals surface area contributed by atoms with Gasteiger partial charge in [-0.05, 0) is 19.3 Å². The van der Waals surface area contributed by atoms with E-state index in [1.54, 1.807) is 18.9 Å². The number of primary amides is 1. The van der Waals surface area contributed by atoms with Gasteiger partial charge in [-0.15, -0.1) is 0 Å². The largest absolute Gasteiger partial charge is 0.376 e. The highest BCUT2D eigenvalue weighted by Gasteiger charge is 2.20. The summed E-state index contributed by atoms with van der Waals surface area (Å²) in [6.45, 7) is 3.11. The summed E-state index contributed by atoms with van der Waals surface area (Å²) in [4.78, 5) is 24.2. The standard InChI is InChI=1S/C12H21N2O3/c1-9(12(13)16)5-6-11(15)14(2)8-10-4-3-7-17-10/h6,9-10H,3-5,7-8H2,1-2H3,(H2,13,16)/t9?,10-/m0/s1. The van der Waals surface area contributed by atoms with Crippen LogP contribution in [0.15, 0.2) is 0 Å². The van der Waals surface area contributed by atoms with Crippen LogP contribution in [0.25, 0.3) is 0 Å². The molecule has 1 rings (SSSR count). The minimum absolute atomic E-state index is 0.0754. The van der Waals surface area contributed by atoms with E-state index >= 15 is 0 Å². The Morgan fingerprint density at radius 2 is 2.29 bits per heavy atom. The minimum Gasteiger partial charge on any atom is -0.376 e. The number of hydrogen-bond acceptors (Lipinski definition) is 3. The quantitative estimate of drug-likeness (QED) is 0.728. The van der Waals surface area contributed by atoms with Gasteiger partial charge in [-0.1, -0.05) is 6.92 Å². The Morgan fingerprint density at radius 1 is 1.59 bits per heavy atom. The summed E-state index contributed by atoms with van der Waals surface area (Å²) < 4.78 is 5.46. The highest BCUT2D eigenvalue weighted by molar-refractivity contribution is 5.85. The zero-order valence-corrected chi connectivity index (χ0v) is 10.5. The van der Waals surface area contributed by atoms with Crippen molar-refractivity contribution < 1.29 is 14.3 Å². The summed E-state index contributed by atoms with van der Waals surface area (Å²) in [6.07, 6.45) is 4.14. The number of carbonyl (C=O) groups is 2. The van der Waals surface area contributed by atoms with Crippen molar-refractivity contribution in [3.05, 3.63) is 6.42 Å². The lowest BCUT2D eigenvalue weighted by Crippen LogP contribution is -2.34. The molecule has 1 fully saturated rings. The van der Waals surface area contributed by atoms with Gasteiger partial charge in [0.15, 0.2) is 0 Å². The molecular formula is C12H21N2O3. The third kappa shape index (κ3) is 4.73. The Morgan fingerprint density at radius 3 is 2.82 bits per heavy atom. The molecule has 17 heavy (non-hydrogen) atoms. The molecule has 1 unspecified atom stereocenters. The van der Waals surface area contributed by atoms with Crippen LogP contribution in [0.4, 0.5) is 0 Å². The number of likely N-dealkylation sites (N-methyl/N-ethyl adjacent to an activating group) is 1. The summed E-state index contributed by atoms with van der Waals surface area (Å²) in [5, 5.41) is 0. The molecule has 2 N–H and O–H groups in total. The lowest BCUT2D eigenvalue weighted by molar-refractivity contribution is -0.128. The summed E-state index contributed by atoms with van der Waals surface area (Å²) in [5.74, 6) is -0.750. The molecule has 1 radical (unpaired) electrons. The number of ether oxygens (including phenoxy) is 1. The molecule has 0 aromatic rings. The van der Waals surface area contributed by atoms with Crippen LogP contribution in [0.2, 0.25) is 0 Å². The van der Waals surface area contributed by atoms with E-state index in [1.807, 2.05) is 0 Å². The number of nitrogens with zero attached hydrogens (tertiary/aromatic N) is 1. The Kier molecular flexibility index (Phi) is 5.41. The van der Waals surface area contributed by atoms with Crippen LogP contribution in [0.1, 0.15) is 26.2 Å². The SMILES string of the molecule is CC(C[CH]C(=O)N(C)C[C@@H]1CCCO1)C(N)=O. The highest BCUT2D eigenvalue weighted by atomic mass is 16.5. The van der Waals surface area contributed by atoms with E-state index in [4.69, 9.17) is 10.5 Å². The lowest BCUT2D eigenvalue weighted by atomic mass is 10.0. The Balaban J connectivity index is 2.24. The van der Waals surface area contributed by atoms with E-state index in [-0.39, 0.29) is 23.8 Å². The van der Waals surface area contributed by atoms with Crippen molar-refractivity contribution in [3.8, 4) is 0 Å². The van der Waals surface area contributed by atoms with Gasteiger partial charge >= 0.3 is 0 Å². The molecule has 5 heteroatoms. The molecule has 1 aliphatic rings. The molecule has 0 aromatic heterocycles. The second-order valence-corrected chi connectivity index (χ2v) is 4.60. The first-order valence-electron chi connectivity index (χ1n) is 6.00. The summed E-state index contributed by atoms with van der Waals surface area (Å²) in [5.41, 5.74) is 5.13. The summed E-state index contributed by atoms with van der Waals surface area (Å²) in [7, 11) is 1.75. The monoisotopic (exact) mass is 241 g/mol. The van der Waals surface area contributed by atoms with Gasteiger partial charge in [0.2, 0.25) is 11.8 Å². The molecule has 1 heterocycles. The van der Waals surface area contributed by atoms with Crippen molar-refractivity contribution in [3.63, 3.8) is 0 Å². The molecule has 0 aromatic carbocycles. The first-order chi connectivity index (χ1) is 8.00. The van der Waals surface area contributed by atoms with Gasteiger partial charge in [-0.25, -0.2) is 0 Å². The molecule has 1 saturated heterocycles. The van der Waals surface area contributed by atoms with Crippen LogP contribution in [-0.4, -0.2) is 43.0 Å². The second-order valence-electron chi connectivity index (χ2n) is 4.60. The van der Waals surface area contributed by atoms with E-state index in [1.165, 1.54) is 6.42 Å². The summed E-state index contributed by atoms with van der Waals surface area (Å²) in [6, 6.07) is 0. The first-order valence-corrected chi connectivity index (χ1v) is 6.00. The van der Waals surface area contributed by atoms with Gasteiger partial charge < -0.3 is 15.4 Å². The molecule has 2 amide bonds. The predicted octanol–water partition coefficient (Wildman–Crippen LogP) is 0.340. The van der Waals surface area contributed by atoms with E-state index in [0.717, 1.165) is 19.4 Å². The molecule has 0 spiro atoms. The smallest absolute Gasteiger partial charge is 0.226 e. The molecule has 0 aliphatic carbocycles. The highest BCUT2D eigenvalue weighted by Crippen LogP contribution is 2.13. The number of amides is 2. The Hall–Kier alpha value is -1.10. The zero-order valence-electron chi connectivity index (χ0n) is 10.5.